The van der Waals surface area contributed by atoms with E-state index in [1.165, 1.54) is 4.90 Å². The highest BCUT2D eigenvalue weighted by molar-refractivity contribution is 5.79. The lowest BCUT2D eigenvalue weighted by molar-refractivity contribution is -0.0888. The number of rotatable bonds is 6. The monoisotopic (exact) mass is 492 g/mol. The quantitative estimate of drug-likeness (QED) is 0.558. The summed E-state index contributed by atoms with van der Waals surface area (Å²) in [5, 5.41) is 13.8. The summed E-state index contributed by atoms with van der Waals surface area (Å²) >= 11 is 0. The Morgan fingerprint density at radius 1 is 1.11 bits per heavy atom. The first-order chi connectivity index (χ1) is 17.4. The van der Waals surface area contributed by atoms with E-state index < -0.39 is 6.09 Å². The molecule has 192 valence electrons. The Hall–Kier alpha value is -3.17. The van der Waals surface area contributed by atoms with Crippen LogP contribution < -0.4 is 4.90 Å². The lowest BCUT2D eigenvalue weighted by Crippen LogP contribution is -2.48. The number of nitrogens with zero attached hydrogens (tertiary/aromatic N) is 6. The number of hydrogen-bond acceptors (Lipinski definition) is 6. The van der Waals surface area contributed by atoms with Gasteiger partial charge in [0.2, 0.25) is 0 Å². The second-order valence-electron chi connectivity index (χ2n) is 10.0. The summed E-state index contributed by atoms with van der Waals surface area (Å²) in [5.41, 5.74) is 4.83. The molecule has 3 aromatic rings. The number of aromatic nitrogens is 3. The number of piperidine rings is 1. The molecule has 36 heavy (non-hydrogen) atoms. The number of carbonyl (C=O) groups is 1. The first-order valence-electron chi connectivity index (χ1n) is 13.0. The van der Waals surface area contributed by atoms with Crippen molar-refractivity contribution in [3.05, 3.63) is 48.4 Å². The van der Waals surface area contributed by atoms with Crippen molar-refractivity contribution in [1.82, 2.24) is 24.4 Å². The van der Waals surface area contributed by atoms with Crippen LogP contribution in [0.25, 0.3) is 16.8 Å². The van der Waals surface area contributed by atoms with Crippen LogP contribution in [0.2, 0.25) is 0 Å². The molecule has 0 aromatic carbocycles. The van der Waals surface area contributed by atoms with Gasteiger partial charge in [0.15, 0.2) is 0 Å². The largest absolute Gasteiger partial charge is 0.465 e. The Labute approximate surface area is 212 Å². The SMILES string of the molecule is CCOC1(c2ccc(-c3cc4c(N5CCN(C(=O)O)CC5)ccnn4c3)nc2)CCN(C(C)C)CC1. The fourth-order valence-corrected chi connectivity index (χ4v) is 5.57. The van der Waals surface area contributed by atoms with Gasteiger partial charge in [-0.25, -0.2) is 9.31 Å². The Morgan fingerprint density at radius 3 is 2.47 bits per heavy atom. The van der Waals surface area contributed by atoms with Crippen LogP contribution in [0.15, 0.2) is 42.9 Å². The van der Waals surface area contributed by atoms with E-state index in [2.05, 4.69) is 53.9 Å². The molecule has 5 rings (SSSR count). The van der Waals surface area contributed by atoms with Crippen molar-refractivity contribution in [2.24, 2.45) is 0 Å². The number of fused-ring (bicyclic) bond motifs is 1. The number of hydrogen-bond donors (Lipinski definition) is 1. The van der Waals surface area contributed by atoms with Crippen LogP contribution in [-0.2, 0) is 10.3 Å². The molecule has 9 heteroatoms. The number of likely N-dealkylation sites (tertiary alicyclic amines) is 1. The third kappa shape index (κ3) is 4.65. The number of pyridine rings is 1. The minimum atomic E-state index is -0.856. The second-order valence-corrected chi connectivity index (χ2v) is 10.0. The highest BCUT2D eigenvalue weighted by Gasteiger charge is 2.37. The first-order valence-corrected chi connectivity index (χ1v) is 13.0. The van der Waals surface area contributed by atoms with Crippen molar-refractivity contribution in [3.8, 4) is 11.3 Å². The summed E-state index contributed by atoms with van der Waals surface area (Å²) in [4.78, 5) is 22.3. The molecule has 0 spiro atoms. The minimum Gasteiger partial charge on any atom is -0.465 e. The zero-order chi connectivity index (χ0) is 25.3. The zero-order valence-corrected chi connectivity index (χ0v) is 21.4. The lowest BCUT2D eigenvalue weighted by atomic mass is 9.84. The predicted octanol–water partition coefficient (Wildman–Crippen LogP) is 3.93. The normalized spacial score (nSPS) is 18.8. The molecular weight excluding hydrogens is 456 g/mol. The van der Waals surface area contributed by atoms with Gasteiger partial charge in [-0.2, -0.15) is 5.10 Å². The zero-order valence-electron chi connectivity index (χ0n) is 21.4. The maximum Gasteiger partial charge on any atom is 0.407 e. The van der Waals surface area contributed by atoms with Crippen LogP contribution in [0.3, 0.4) is 0 Å². The van der Waals surface area contributed by atoms with Crippen molar-refractivity contribution >= 4 is 17.3 Å². The topological polar surface area (TPSA) is 86.4 Å². The van der Waals surface area contributed by atoms with Gasteiger partial charge in [0.05, 0.1) is 22.5 Å². The maximum absolute atomic E-state index is 11.3. The van der Waals surface area contributed by atoms with E-state index in [4.69, 9.17) is 9.72 Å². The van der Waals surface area contributed by atoms with Crippen LogP contribution in [0.4, 0.5) is 10.5 Å². The van der Waals surface area contributed by atoms with Crippen LogP contribution in [0.5, 0.6) is 0 Å². The molecule has 9 nitrogen and oxygen atoms in total. The fraction of sp³-hybridized carbons (Fsp3) is 0.519. The van der Waals surface area contributed by atoms with Crippen molar-refractivity contribution in [2.75, 3.05) is 50.8 Å². The Balaban J connectivity index is 1.37. The molecule has 0 saturated carbocycles. The highest BCUT2D eigenvalue weighted by atomic mass is 16.5. The Kier molecular flexibility index (Phi) is 6.85. The number of anilines is 1. The van der Waals surface area contributed by atoms with E-state index in [1.807, 2.05) is 23.0 Å². The molecule has 5 heterocycles. The van der Waals surface area contributed by atoms with Gasteiger partial charge in [-0.15, -0.1) is 0 Å². The van der Waals surface area contributed by atoms with Gasteiger partial charge in [0.25, 0.3) is 0 Å². The molecule has 2 saturated heterocycles. The third-order valence-corrected chi connectivity index (χ3v) is 7.72. The third-order valence-electron chi connectivity index (χ3n) is 7.72. The molecule has 0 unspecified atom stereocenters. The maximum atomic E-state index is 11.3. The Morgan fingerprint density at radius 2 is 1.86 bits per heavy atom. The second kappa shape index (κ2) is 10.1. The minimum absolute atomic E-state index is 0.274. The van der Waals surface area contributed by atoms with Gasteiger partial charge in [0.1, 0.15) is 0 Å². The molecule has 2 fully saturated rings. The molecule has 1 amide bonds. The van der Waals surface area contributed by atoms with E-state index in [0.29, 0.717) is 38.8 Å². The first kappa shape index (κ1) is 24.5. The molecule has 0 bridgehead atoms. The number of piperazine rings is 1. The molecule has 2 aliphatic rings. The van der Waals surface area contributed by atoms with E-state index in [9.17, 15) is 9.90 Å². The van der Waals surface area contributed by atoms with Gasteiger partial charge in [-0.3, -0.25) is 4.98 Å². The molecule has 3 aromatic heterocycles. The van der Waals surface area contributed by atoms with Crippen molar-refractivity contribution in [2.45, 2.75) is 45.3 Å². The van der Waals surface area contributed by atoms with Gasteiger partial charge in [-0.1, -0.05) is 6.07 Å². The molecule has 0 aliphatic carbocycles. The fourth-order valence-electron chi connectivity index (χ4n) is 5.57. The van der Waals surface area contributed by atoms with E-state index in [0.717, 1.165) is 54.0 Å². The summed E-state index contributed by atoms with van der Waals surface area (Å²) in [6.45, 7) is 11.6. The summed E-state index contributed by atoms with van der Waals surface area (Å²) in [7, 11) is 0. The van der Waals surface area contributed by atoms with E-state index in [1.54, 1.807) is 6.20 Å². The summed E-state index contributed by atoms with van der Waals surface area (Å²) < 4.78 is 8.24. The molecule has 2 aliphatic heterocycles. The predicted molar refractivity (Wildman–Crippen MR) is 139 cm³/mol. The highest BCUT2D eigenvalue weighted by Crippen LogP contribution is 2.38. The smallest absolute Gasteiger partial charge is 0.407 e. The van der Waals surface area contributed by atoms with Crippen LogP contribution in [0.1, 0.15) is 39.2 Å². The van der Waals surface area contributed by atoms with E-state index in [-0.39, 0.29) is 5.60 Å². The summed E-state index contributed by atoms with van der Waals surface area (Å²) in [6.07, 6.45) is 6.87. The molecule has 0 atom stereocenters. The standard InChI is InChI=1S/C27H36N6O3/c1-4-36-27(8-11-30(12-9-27)20(2)3)22-5-6-23(28-18-22)21-17-25-24(7-10-29-33(25)19-21)31-13-15-32(16-14-31)26(34)35/h5-7,10,17-20H,4,8-9,11-16H2,1-3H3,(H,34,35). The summed E-state index contributed by atoms with van der Waals surface area (Å²) in [5.74, 6) is 0. The van der Waals surface area contributed by atoms with Crippen LogP contribution in [0, 0.1) is 0 Å². The lowest BCUT2D eigenvalue weighted by Gasteiger charge is -2.43. The molecular formula is C27H36N6O3. The molecule has 0 radical (unpaired) electrons. The van der Waals surface area contributed by atoms with Gasteiger partial charge in [0, 0.05) is 81.6 Å². The van der Waals surface area contributed by atoms with Gasteiger partial charge >= 0.3 is 6.09 Å². The van der Waals surface area contributed by atoms with Crippen molar-refractivity contribution < 1.29 is 14.6 Å². The average molecular weight is 493 g/mol. The van der Waals surface area contributed by atoms with Crippen molar-refractivity contribution in [3.63, 3.8) is 0 Å². The average Bonchev–Trinajstić information content (AvgIpc) is 3.34. The van der Waals surface area contributed by atoms with Gasteiger partial charge < -0.3 is 24.5 Å². The number of amides is 1. The van der Waals surface area contributed by atoms with E-state index >= 15 is 0 Å². The van der Waals surface area contributed by atoms with Crippen LogP contribution >= 0.6 is 0 Å². The van der Waals surface area contributed by atoms with Gasteiger partial charge in [-0.05, 0) is 51.8 Å². The Bertz CT molecular complexity index is 1190. The molecule has 1 N–H and O–H groups in total. The van der Waals surface area contributed by atoms with Crippen molar-refractivity contribution in [1.29, 1.82) is 0 Å². The van der Waals surface area contributed by atoms with Crippen LogP contribution in [-0.4, -0.2) is 87.5 Å². The summed E-state index contributed by atoms with van der Waals surface area (Å²) in [6, 6.07) is 8.93. The number of ether oxygens (including phenoxy) is 1. The number of carboxylic acid groups (broad SMARTS) is 1.